The Morgan fingerprint density at radius 3 is 2.47 bits per heavy atom. The maximum absolute atomic E-state index is 12.3. The zero-order chi connectivity index (χ0) is 14.4. The van der Waals surface area contributed by atoms with Crippen LogP contribution in [0.3, 0.4) is 0 Å². The maximum Gasteiger partial charge on any atom is 0.223 e. The summed E-state index contributed by atoms with van der Waals surface area (Å²) < 4.78 is 0. The number of likely N-dealkylation sites (N-methyl/N-ethyl adjacent to an activating group) is 1. The van der Waals surface area contributed by atoms with E-state index in [2.05, 4.69) is 37.9 Å². The van der Waals surface area contributed by atoms with Crippen molar-refractivity contribution in [2.45, 2.75) is 59.0 Å². The molecule has 0 heterocycles. The molecule has 19 heavy (non-hydrogen) atoms. The number of nitrogens with two attached hydrogens (primary N) is 1. The topological polar surface area (TPSA) is 58.4 Å². The molecule has 1 aliphatic carbocycles. The van der Waals surface area contributed by atoms with Crippen LogP contribution >= 0.6 is 0 Å². The Balaban J connectivity index is 2.41. The largest absolute Gasteiger partial charge is 0.352 e. The fraction of sp³-hybridized carbons (Fsp3) is 0.933. The Hall–Kier alpha value is -0.610. The molecule has 0 spiro atoms. The van der Waals surface area contributed by atoms with Crippen molar-refractivity contribution in [2.24, 2.45) is 17.6 Å². The van der Waals surface area contributed by atoms with Gasteiger partial charge in [0.1, 0.15) is 0 Å². The number of hydrogen-bond acceptors (Lipinski definition) is 3. The van der Waals surface area contributed by atoms with Gasteiger partial charge in [0, 0.05) is 24.5 Å². The summed E-state index contributed by atoms with van der Waals surface area (Å²) in [5, 5.41) is 3.15. The molecule has 1 amide bonds. The van der Waals surface area contributed by atoms with Crippen LogP contribution in [-0.2, 0) is 4.79 Å². The van der Waals surface area contributed by atoms with Gasteiger partial charge in [-0.2, -0.15) is 0 Å². The zero-order valence-corrected chi connectivity index (χ0v) is 13.0. The Morgan fingerprint density at radius 2 is 1.95 bits per heavy atom. The lowest BCUT2D eigenvalue weighted by molar-refractivity contribution is -0.127. The van der Waals surface area contributed by atoms with E-state index in [9.17, 15) is 4.79 Å². The van der Waals surface area contributed by atoms with E-state index in [0.29, 0.717) is 5.92 Å². The van der Waals surface area contributed by atoms with E-state index < -0.39 is 0 Å². The summed E-state index contributed by atoms with van der Waals surface area (Å²) in [6, 6.07) is 0.401. The molecule has 1 aliphatic rings. The highest BCUT2D eigenvalue weighted by Gasteiger charge is 2.29. The number of carbonyl (C=O) groups excluding carboxylic acids is 1. The van der Waals surface area contributed by atoms with Crippen molar-refractivity contribution >= 4 is 5.91 Å². The minimum Gasteiger partial charge on any atom is -0.352 e. The molecule has 1 fully saturated rings. The second-order valence-electron chi connectivity index (χ2n) is 6.16. The van der Waals surface area contributed by atoms with Gasteiger partial charge < -0.3 is 16.0 Å². The quantitative estimate of drug-likeness (QED) is 0.770. The number of carbonyl (C=O) groups is 1. The van der Waals surface area contributed by atoms with Gasteiger partial charge in [0.05, 0.1) is 0 Å². The monoisotopic (exact) mass is 269 g/mol. The normalized spacial score (nSPS) is 29.3. The molecule has 0 radical (unpaired) electrons. The minimum atomic E-state index is 0.109. The van der Waals surface area contributed by atoms with Crippen LogP contribution in [0.15, 0.2) is 0 Å². The van der Waals surface area contributed by atoms with Crippen molar-refractivity contribution in [3.05, 3.63) is 0 Å². The van der Waals surface area contributed by atoms with E-state index in [4.69, 9.17) is 5.73 Å². The average molecular weight is 269 g/mol. The standard InChI is InChI=1S/C15H31N3O/c1-5-18(6-2)10-12(4)17-15(19)13-7-11(3)8-14(16)9-13/h11-14H,5-10,16H2,1-4H3,(H,17,19). The molecule has 0 aromatic heterocycles. The van der Waals surface area contributed by atoms with Crippen molar-refractivity contribution in [1.82, 2.24) is 10.2 Å². The van der Waals surface area contributed by atoms with Crippen molar-refractivity contribution in [3.63, 3.8) is 0 Å². The molecule has 4 nitrogen and oxygen atoms in total. The molecule has 112 valence electrons. The lowest BCUT2D eigenvalue weighted by atomic mass is 9.79. The first-order valence-corrected chi connectivity index (χ1v) is 7.74. The van der Waals surface area contributed by atoms with Gasteiger partial charge in [-0.3, -0.25) is 4.79 Å². The van der Waals surface area contributed by atoms with Crippen LogP contribution in [0.4, 0.5) is 0 Å². The van der Waals surface area contributed by atoms with E-state index >= 15 is 0 Å². The van der Waals surface area contributed by atoms with E-state index in [0.717, 1.165) is 38.9 Å². The van der Waals surface area contributed by atoms with Gasteiger partial charge in [0.2, 0.25) is 5.91 Å². The Kier molecular flexibility index (Phi) is 6.80. The predicted molar refractivity (Wildman–Crippen MR) is 79.9 cm³/mol. The molecule has 4 unspecified atom stereocenters. The van der Waals surface area contributed by atoms with Gasteiger partial charge in [-0.25, -0.2) is 0 Å². The summed E-state index contributed by atoms with van der Waals surface area (Å²) in [7, 11) is 0. The van der Waals surface area contributed by atoms with Crippen LogP contribution in [0.2, 0.25) is 0 Å². The molecular weight excluding hydrogens is 238 g/mol. The van der Waals surface area contributed by atoms with E-state index in [1.807, 2.05) is 0 Å². The fourth-order valence-corrected chi connectivity index (χ4v) is 3.15. The van der Waals surface area contributed by atoms with E-state index in [1.165, 1.54) is 0 Å². The highest BCUT2D eigenvalue weighted by molar-refractivity contribution is 5.79. The third-order valence-electron chi connectivity index (χ3n) is 4.17. The Labute approximate surface area is 118 Å². The van der Waals surface area contributed by atoms with Crippen molar-refractivity contribution in [1.29, 1.82) is 0 Å². The molecule has 4 heteroatoms. The molecule has 0 aromatic carbocycles. The third-order valence-corrected chi connectivity index (χ3v) is 4.17. The van der Waals surface area contributed by atoms with Crippen LogP contribution < -0.4 is 11.1 Å². The first kappa shape index (κ1) is 16.4. The molecule has 0 aromatic rings. The molecular formula is C15H31N3O. The predicted octanol–water partition coefficient (Wildman–Crippen LogP) is 1.60. The van der Waals surface area contributed by atoms with Gasteiger partial charge in [-0.05, 0) is 45.2 Å². The maximum atomic E-state index is 12.3. The fourth-order valence-electron chi connectivity index (χ4n) is 3.15. The first-order chi connectivity index (χ1) is 8.96. The average Bonchev–Trinajstić information content (AvgIpc) is 2.34. The van der Waals surface area contributed by atoms with Gasteiger partial charge in [0.25, 0.3) is 0 Å². The number of nitrogens with zero attached hydrogens (tertiary/aromatic N) is 1. The van der Waals surface area contributed by atoms with Gasteiger partial charge in [-0.15, -0.1) is 0 Å². The summed E-state index contributed by atoms with van der Waals surface area (Å²) in [5.74, 6) is 0.872. The van der Waals surface area contributed by atoms with E-state index in [1.54, 1.807) is 0 Å². The van der Waals surface area contributed by atoms with E-state index in [-0.39, 0.29) is 23.9 Å². The summed E-state index contributed by atoms with van der Waals surface area (Å²) in [6.07, 6.45) is 2.88. The third kappa shape index (κ3) is 5.49. The summed E-state index contributed by atoms with van der Waals surface area (Å²) in [5.41, 5.74) is 6.02. The van der Waals surface area contributed by atoms with Crippen LogP contribution in [0.1, 0.15) is 47.0 Å². The summed E-state index contributed by atoms with van der Waals surface area (Å²) >= 11 is 0. The van der Waals surface area contributed by atoms with Gasteiger partial charge >= 0.3 is 0 Å². The SMILES string of the molecule is CCN(CC)CC(C)NC(=O)C1CC(C)CC(N)C1. The Bertz CT molecular complexity index is 269. The number of nitrogens with one attached hydrogen (secondary N) is 1. The molecule has 1 saturated carbocycles. The van der Waals surface area contributed by atoms with Crippen LogP contribution in [-0.4, -0.2) is 42.5 Å². The van der Waals surface area contributed by atoms with Crippen LogP contribution in [0.25, 0.3) is 0 Å². The van der Waals surface area contributed by atoms with Crippen LogP contribution in [0.5, 0.6) is 0 Å². The molecule has 3 N–H and O–H groups in total. The molecule has 0 bridgehead atoms. The summed E-state index contributed by atoms with van der Waals surface area (Å²) in [6.45, 7) is 11.6. The van der Waals surface area contributed by atoms with Gasteiger partial charge in [0.15, 0.2) is 0 Å². The molecule has 0 aliphatic heterocycles. The summed E-state index contributed by atoms with van der Waals surface area (Å²) in [4.78, 5) is 14.6. The van der Waals surface area contributed by atoms with Crippen molar-refractivity contribution in [2.75, 3.05) is 19.6 Å². The lowest BCUT2D eigenvalue weighted by Crippen LogP contribution is -2.46. The second kappa shape index (κ2) is 7.85. The van der Waals surface area contributed by atoms with Crippen molar-refractivity contribution < 1.29 is 4.79 Å². The second-order valence-corrected chi connectivity index (χ2v) is 6.16. The lowest BCUT2D eigenvalue weighted by Gasteiger charge is -2.32. The van der Waals surface area contributed by atoms with Gasteiger partial charge in [-0.1, -0.05) is 20.8 Å². The highest BCUT2D eigenvalue weighted by atomic mass is 16.1. The van der Waals surface area contributed by atoms with Crippen molar-refractivity contribution in [3.8, 4) is 0 Å². The zero-order valence-electron chi connectivity index (χ0n) is 13.0. The number of hydrogen-bond donors (Lipinski definition) is 2. The number of rotatable bonds is 6. The smallest absolute Gasteiger partial charge is 0.223 e. The number of amides is 1. The van der Waals surface area contributed by atoms with Crippen LogP contribution in [0, 0.1) is 11.8 Å². The Morgan fingerprint density at radius 1 is 1.32 bits per heavy atom. The molecule has 4 atom stereocenters. The molecule has 1 rings (SSSR count). The highest BCUT2D eigenvalue weighted by Crippen LogP contribution is 2.28. The molecule has 0 saturated heterocycles. The first-order valence-electron chi connectivity index (χ1n) is 7.74. The minimum absolute atomic E-state index is 0.109.